The second-order valence-electron chi connectivity index (χ2n) is 12.4. The molecule has 0 saturated heterocycles. The number of carbonyl (C=O) groups is 5. The fourth-order valence-electron chi connectivity index (χ4n) is 6.39. The molecular formula is C33H44CaN3Na4O14P. The first-order valence-corrected chi connectivity index (χ1v) is 17.6. The molecule has 1 fully saturated rings. The standard InChI is InChI=1S/C33H44N3O14P.Ca.4Na/c37-28(38)18-34(15-16-35(19-29(39)40)20-30(41)42)17-26(36(21-31(43)44)22-32(45)46)23-49-51(47,48)50-27-11-13-33(14-12-27,24-7-3-1-4-8-24)25-9-5-2-6-10-25;;;;;/h1-10,26-27H,11-23H2,(H,37,38)(H,39,40)(H,41,42)(H,43,44)(H,45,46)(H,47,48);;;;;/t26-;;;;;/m1...../s1. The van der Waals surface area contributed by atoms with Crippen LogP contribution in [0.5, 0.6) is 0 Å². The van der Waals surface area contributed by atoms with E-state index in [1.165, 1.54) is 4.90 Å². The number of phosphoric acid groups is 1. The zero-order chi connectivity index (χ0) is 37.6. The van der Waals surface area contributed by atoms with Crippen LogP contribution in [-0.4, -0.2) is 302 Å². The Labute approximate surface area is 444 Å². The quantitative estimate of drug-likeness (QED) is 0.0627. The van der Waals surface area contributed by atoms with Gasteiger partial charge >= 0.3 is 37.7 Å². The van der Waals surface area contributed by atoms with E-state index < -0.39 is 95.7 Å². The van der Waals surface area contributed by atoms with Gasteiger partial charge in [0.2, 0.25) is 0 Å². The Hall–Kier alpha value is 1.04. The fraction of sp³-hybridized carbons (Fsp3) is 0.485. The summed E-state index contributed by atoms with van der Waals surface area (Å²) in [6.07, 6.45) is 1.27. The minimum Gasteiger partial charge on any atom is -0.480 e. The van der Waals surface area contributed by atoms with Gasteiger partial charge in [0.05, 0.1) is 45.4 Å². The molecule has 0 aliphatic heterocycles. The summed E-state index contributed by atoms with van der Waals surface area (Å²) in [5.74, 6) is -6.89. The largest absolute Gasteiger partial charge is 0.480 e. The van der Waals surface area contributed by atoms with E-state index in [9.17, 15) is 48.8 Å². The number of hydrogen-bond donors (Lipinski definition) is 6. The van der Waals surface area contributed by atoms with E-state index in [-0.39, 0.29) is 174 Å². The Morgan fingerprint density at radius 3 is 1.43 bits per heavy atom. The molecule has 286 valence electrons. The van der Waals surface area contributed by atoms with Crippen molar-refractivity contribution in [3.8, 4) is 0 Å². The normalized spacial score (nSPS) is 15.0. The number of carboxylic acids is 5. The fourth-order valence-corrected chi connectivity index (χ4v) is 7.39. The Bertz CT molecular complexity index is 1480. The number of phosphoric ester groups is 1. The van der Waals surface area contributed by atoms with Gasteiger partial charge in [-0.05, 0) is 36.8 Å². The van der Waals surface area contributed by atoms with Crippen LogP contribution >= 0.6 is 7.82 Å². The van der Waals surface area contributed by atoms with Crippen LogP contribution in [0.1, 0.15) is 36.8 Å². The molecule has 0 amide bonds. The van der Waals surface area contributed by atoms with Crippen LogP contribution < -0.4 is 0 Å². The van der Waals surface area contributed by atoms with Crippen LogP contribution in [0.4, 0.5) is 0 Å². The summed E-state index contributed by atoms with van der Waals surface area (Å²) >= 11 is 0. The average Bonchev–Trinajstić information content (AvgIpc) is 3.05. The van der Waals surface area contributed by atoms with E-state index in [4.69, 9.17) is 19.3 Å². The van der Waals surface area contributed by atoms with E-state index in [0.717, 1.165) is 20.9 Å². The van der Waals surface area contributed by atoms with Crippen molar-refractivity contribution in [3.63, 3.8) is 0 Å². The number of hydrogen-bond acceptors (Lipinski definition) is 11. The van der Waals surface area contributed by atoms with Crippen LogP contribution in [0.15, 0.2) is 60.7 Å². The molecule has 1 saturated carbocycles. The molecule has 56 heavy (non-hydrogen) atoms. The second kappa shape index (κ2) is 31.0. The van der Waals surface area contributed by atoms with Crippen molar-refractivity contribution < 1.29 is 68.0 Å². The molecule has 1 unspecified atom stereocenters. The maximum atomic E-state index is 13.3. The molecule has 1 aliphatic carbocycles. The monoisotopic (exact) mass is 869 g/mol. The van der Waals surface area contributed by atoms with Crippen LogP contribution in [-0.2, 0) is 43.0 Å². The van der Waals surface area contributed by atoms with Gasteiger partial charge in [-0.15, -0.1) is 0 Å². The van der Waals surface area contributed by atoms with Crippen LogP contribution in [0.3, 0.4) is 0 Å². The van der Waals surface area contributed by atoms with Crippen molar-refractivity contribution in [2.24, 2.45) is 0 Å². The Morgan fingerprint density at radius 2 is 1.04 bits per heavy atom. The molecule has 0 heterocycles. The summed E-state index contributed by atoms with van der Waals surface area (Å²) in [7, 11) is -4.84. The molecule has 2 atom stereocenters. The Morgan fingerprint density at radius 1 is 0.661 bits per heavy atom. The third kappa shape index (κ3) is 22.2. The first-order valence-electron chi connectivity index (χ1n) is 16.1. The van der Waals surface area contributed by atoms with Crippen molar-refractivity contribution in [3.05, 3.63) is 71.8 Å². The molecule has 0 aromatic heterocycles. The first-order chi connectivity index (χ1) is 24.1. The van der Waals surface area contributed by atoms with Gasteiger partial charge in [-0.1, -0.05) is 60.7 Å². The molecule has 17 nitrogen and oxygen atoms in total. The molecule has 1 aliphatic rings. The van der Waals surface area contributed by atoms with Crippen LogP contribution in [0, 0.1) is 0 Å². The summed E-state index contributed by atoms with van der Waals surface area (Å²) in [6, 6.07) is 18.5. The zero-order valence-electron chi connectivity index (χ0n) is 32.6. The van der Waals surface area contributed by atoms with E-state index in [1.54, 1.807) is 0 Å². The van der Waals surface area contributed by atoms with Gasteiger partial charge in [-0.3, -0.25) is 47.7 Å². The molecule has 3 rings (SSSR count). The smallest absolute Gasteiger partial charge is 0.472 e. The van der Waals surface area contributed by atoms with Gasteiger partial charge in [0.25, 0.3) is 0 Å². The molecule has 6 radical (unpaired) electrons. The van der Waals surface area contributed by atoms with Crippen molar-refractivity contribution in [1.82, 2.24) is 14.7 Å². The van der Waals surface area contributed by atoms with Crippen molar-refractivity contribution in [2.45, 2.75) is 43.2 Å². The van der Waals surface area contributed by atoms with Crippen molar-refractivity contribution >= 4 is 194 Å². The number of aliphatic carboxylic acids is 5. The third-order valence-electron chi connectivity index (χ3n) is 8.62. The predicted molar refractivity (Wildman–Crippen MR) is 208 cm³/mol. The number of rotatable bonds is 23. The molecule has 2 aromatic rings. The van der Waals surface area contributed by atoms with Gasteiger partial charge in [-0.25, -0.2) is 4.57 Å². The molecular weight excluding hydrogens is 825 g/mol. The minimum absolute atomic E-state index is 0. The van der Waals surface area contributed by atoms with Gasteiger partial charge in [-0.2, -0.15) is 0 Å². The van der Waals surface area contributed by atoms with Gasteiger partial charge in [0, 0.05) is 187 Å². The van der Waals surface area contributed by atoms with Crippen LogP contribution in [0.25, 0.3) is 0 Å². The maximum Gasteiger partial charge on any atom is 0.472 e. The topological polar surface area (TPSA) is 252 Å². The summed E-state index contributed by atoms with van der Waals surface area (Å²) in [4.78, 5) is 71.4. The van der Waals surface area contributed by atoms with E-state index in [1.807, 2.05) is 60.7 Å². The molecule has 6 N–H and O–H groups in total. The van der Waals surface area contributed by atoms with Gasteiger partial charge < -0.3 is 30.4 Å². The average molecular weight is 870 g/mol. The number of nitrogens with zero attached hydrogens (tertiary/aromatic N) is 3. The van der Waals surface area contributed by atoms with Gasteiger partial charge in [0.1, 0.15) is 0 Å². The summed E-state index contributed by atoms with van der Waals surface area (Å²) in [5, 5.41) is 46.8. The van der Waals surface area contributed by atoms with Crippen molar-refractivity contribution in [2.75, 3.05) is 59.0 Å². The van der Waals surface area contributed by atoms with Crippen LogP contribution in [0.2, 0.25) is 0 Å². The third-order valence-corrected chi connectivity index (χ3v) is 9.66. The molecule has 0 spiro atoms. The molecule has 23 heteroatoms. The molecule has 2 aromatic carbocycles. The SMILES string of the molecule is O=C(O)CN(CCN(CC(=O)O)C[C@H](COP(=O)(O)OC1CCC(c2ccccc2)(c2ccccc2)CC1)N(CC(=O)O)CC(=O)O)CC(=O)O.[Ca].[Na].[Na].[Na].[Na]. The van der Waals surface area contributed by atoms with E-state index >= 15 is 0 Å². The van der Waals surface area contributed by atoms with E-state index in [0.29, 0.717) is 25.7 Å². The minimum atomic E-state index is -4.84. The predicted octanol–water partition coefficient (Wildman–Crippen LogP) is -0.157. The van der Waals surface area contributed by atoms with Gasteiger partial charge in [0.15, 0.2) is 0 Å². The summed E-state index contributed by atoms with van der Waals surface area (Å²) in [5.41, 5.74) is 1.83. The maximum absolute atomic E-state index is 13.3. The number of benzene rings is 2. The zero-order valence-corrected chi connectivity index (χ0v) is 43.7. The first kappa shape index (κ1) is 61.3. The Balaban J connectivity index is -0.00000562. The second-order valence-corrected chi connectivity index (χ2v) is 13.8. The summed E-state index contributed by atoms with van der Waals surface area (Å²) < 4.78 is 24.2. The van der Waals surface area contributed by atoms with E-state index in [2.05, 4.69) is 0 Å². The number of carboxylic acid groups (broad SMARTS) is 5. The Kier molecular flexibility index (Phi) is 33.9. The molecule has 0 bridgehead atoms. The summed E-state index contributed by atoms with van der Waals surface area (Å²) in [6.45, 7) is -5.40. The van der Waals surface area contributed by atoms with Crippen molar-refractivity contribution in [1.29, 1.82) is 0 Å².